The first-order valence-electron chi connectivity index (χ1n) is 10.5. The fraction of sp³-hybridized carbons (Fsp3) is 0.478. The molecule has 1 aromatic heterocycles. The van der Waals surface area contributed by atoms with Crippen molar-refractivity contribution < 1.29 is 14.3 Å². The van der Waals surface area contributed by atoms with E-state index in [2.05, 4.69) is 61.2 Å². The van der Waals surface area contributed by atoms with Crippen LogP contribution in [0.15, 0.2) is 42.6 Å². The van der Waals surface area contributed by atoms with Crippen LogP contribution in [0.25, 0.3) is 0 Å². The SMILES string of the molecule is CC(C)(C)[Si](C)(C)OCC1Cc2ncc(NC(=O)O)cc2N(Cc2ccccc2)C1. The summed E-state index contributed by atoms with van der Waals surface area (Å²) in [4.78, 5) is 18.0. The van der Waals surface area contributed by atoms with Gasteiger partial charge in [0.25, 0.3) is 0 Å². The molecule has 0 saturated heterocycles. The molecule has 162 valence electrons. The zero-order valence-corrected chi connectivity index (χ0v) is 19.6. The third-order valence-electron chi connectivity index (χ3n) is 6.20. The molecule has 0 aliphatic carbocycles. The molecule has 0 bridgehead atoms. The minimum Gasteiger partial charge on any atom is -0.465 e. The molecule has 7 heteroatoms. The van der Waals surface area contributed by atoms with Crippen LogP contribution in [-0.4, -0.2) is 37.7 Å². The van der Waals surface area contributed by atoms with E-state index in [1.54, 1.807) is 6.20 Å². The highest BCUT2D eigenvalue weighted by molar-refractivity contribution is 6.74. The summed E-state index contributed by atoms with van der Waals surface area (Å²) in [6.07, 6.45) is 1.36. The summed E-state index contributed by atoms with van der Waals surface area (Å²) in [7, 11) is -1.82. The predicted octanol–water partition coefficient (Wildman–Crippen LogP) is 5.37. The molecule has 0 fully saturated rings. The fourth-order valence-corrected chi connectivity index (χ4v) is 4.55. The second-order valence-electron chi connectivity index (χ2n) is 9.63. The van der Waals surface area contributed by atoms with Gasteiger partial charge < -0.3 is 14.4 Å². The number of aromatic nitrogens is 1. The number of amides is 1. The second kappa shape index (κ2) is 8.77. The number of pyridine rings is 1. The van der Waals surface area contributed by atoms with Gasteiger partial charge >= 0.3 is 6.09 Å². The molecule has 1 aliphatic rings. The quantitative estimate of drug-likeness (QED) is 0.606. The summed E-state index contributed by atoms with van der Waals surface area (Å²) in [5.41, 5.74) is 3.70. The van der Waals surface area contributed by atoms with Crippen molar-refractivity contribution in [2.45, 2.75) is 51.9 Å². The number of hydrogen-bond acceptors (Lipinski definition) is 4. The van der Waals surface area contributed by atoms with E-state index in [1.807, 2.05) is 24.3 Å². The Balaban J connectivity index is 1.83. The zero-order valence-electron chi connectivity index (χ0n) is 18.6. The van der Waals surface area contributed by atoms with Gasteiger partial charge in [0.05, 0.1) is 23.3 Å². The highest BCUT2D eigenvalue weighted by Crippen LogP contribution is 2.38. The van der Waals surface area contributed by atoms with Crippen molar-refractivity contribution in [3.8, 4) is 0 Å². The average Bonchev–Trinajstić information content (AvgIpc) is 2.66. The van der Waals surface area contributed by atoms with Crippen molar-refractivity contribution in [1.29, 1.82) is 0 Å². The molecule has 1 aromatic carbocycles. The van der Waals surface area contributed by atoms with Gasteiger partial charge in [-0.15, -0.1) is 0 Å². The van der Waals surface area contributed by atoms with E-state index in [-0.39, 0.29) is 5.04 Å². The third-order valence-corrected chi connectivity index (χ3v) is 10.7. The van der Waals surface area contributed by atoms with Gasteiger partial charge in [-0.05, 0) is 36.2 Å². The number of benzene rings is 1. The van der Waals surface area contributed by atoms with Crippen LogP contribution in [0.4, 0.5) is 16.2 Å². The molecule has 1 amide bonds. The lowest BCUT2D eigenvalue weighted by Crippen LogP contribution is -2.44. The smallest absolute Gasteiger partial charge is 0.409 e. The summed E-state index contributed by atoms with van der Waals surface area (Å²) < 4.78 is 6.52. The first kappa shape index (κ1) is 22.3. The Labute approximate surface area is 180 Å². The minimum absolute atomic E-state index is 0.180. The molecular formula is C23H33N3O3Si. The molecule has 0 radical (unpaired) electrons. The van der Waals surface area contributed by atoms with Crippen LogP contribution in [0.1, 0.15) is 32.0 Å². The summed E-state index contributed by atoms with van der Waals surface area (Å²) >= 11 is 0. The molecule has 2 aromatic rings. The average molecular weight is 428 g/mol. The number of hydrogen-bond donors (Lipinski definition) is 2. The lowest BCUT2D eigenvalue weighted by Gasteiger charge is -2.40. The van der Waals surface area contributed by atoms with Crippen molar-refractivity contribution >= 4 is 25.8 Å². The maximum Gasteiger partial charge on any atom is 0.409 e. The van der Waals surface area contributed by atoms with Crippen molar-refractivity contribution in [3.63, 3.8) is 0 Å². The van der Waals surface area contributed by atoms with Gasteiger partial charge in [-0.25, -0.2) is 4.79 Å². The number of nitrogens with one attached hydrogen (secondary N) is 1. The standard InChI is InChI=1S/C23H33N3O3Si/c1-23(2,3)30(4,5)29-16-18-11-20-21(12-19(13-24-20)25-22(27)28)26(15-18)14-17-9-7-6-8-10-17/h6-10,12-13,18,25H,11,14-16H2,1-5H3,(H,27,28). The molecule has 2 N–H and O–H groups in total. The first-order valence-corrected chi connectivity index (χ1v) is 13.4. The summed E-state index contributed by atoms with van der Waals surface area (Å²) in [5.74, 6) is 0.348. The first-order chi connectivity index (χ1) is 14.0. The number of nitrogens with zero attached hydrogens (tertiary/aromatic N) is 2. The van der Waals surface area contributed by atoms with E-state index in [0.29, 0.717) is 11.6 Å². The van der Waals surface area contributed by atoms with Crippen molar-refractivity contribution in [3.05, 3.63) is 53.9 Å². The van der Waals surface area contributed by atoms with Crippen molar-refractivity contribution in [2.24, 2.45) is 5.92 Å². The lowest BCUT2D eigenvalue weighted by atomic mass is 9.96. The zero-order chi connectivity index (χ0) is 21.9. The molecule has 3 rings (SSSR count). The summed E-state index contributed by atoms with van der Waals surface area (Å²) in [5, 5.41) is 11.7. The van der Waals surface area contributed by atoms with Gasteiger partial charge in [0, 0.05) is 25.6 Å². The molecule has 6 nitrogen and oxygen atoms in total. The Bertz CT molecular complexity index is 881. The lowest BCUT2D eigenvalue weighted by molar-refractivity contribution is 0.209. The highest BCUT2D eigenvalue weighted by atomic mass is 28.4. The molecule has 1 unspecified atom stereocenters. The van der Waals surface area contributed by atoms with Crippen LogP contribution < -0.4 is 10.2 Å². The number of carboxylic acid groups (broad SMARTS) is 1. The molecule has 1 atom stereocenters. The molecule has 1 aliphatic heterocycles. The number of anilines is 2. The molecule has 0 saturated carbocycles. The van der Waals surface area contributed by atoms with E-state index in [0.717, 1.165) is 37.5 Å². The largest absolute Gasteiger partial charge is 0.465 e. The van der Waals surface area contributed by atoms with Crippen LogP contribution in [-0.2, 0) is 17.4 Å². The Morgan fingerprint density at radius 3 is 2.63 bits per heavy atom. The van der Waals surface area contributed by atoms with E-state index >= 15 is 0 Å². The molecular weight excluding hydrogens is 394 g/mol. The maximum atomic E-state index is 11.1. The van der Waals surface area contributed by atoms with Crippen molar-refractivity contribution in [1.82, 2.24) is 4.98 Å². The van der Waals surface area contributed by atoms with Crippen LogP contribution in [0.2, 0.25) is 18.1 Å². The summed E-state index contributed by atoms with van der Waals surface area (Å²) in [6, 6.07) is 12.2. The van der Waals surface area contributed by atoms with E-state index in [1.165, 1.54) is 5.56 Å². The highest BCUT2D eigenvalue weighted by Gasteiger charge is 2.38. The Morgan fingerprint density at radius 2 is 2.00 bits per heavy atom. The second-order valence-corrected chi connectivity index (χ2v) is 14.4. The van der Waals surface area contributed by atoms with E-state index < -0.39 is 14.4 Å². The molecule has 30 heavy (non-hydrogen) atoms. The van der Waals surface area contributed by atoms with E-state index in [9.17, 15) is 4.79 Å². The Hall–Kier alpha value is -2.38. The van der Waals surface area contributed by atoms with Gasteiger partial charge in [-0.2, -0.15) is 0 Å². The minimum atomic E-state index is -1.82. The van der Waals surface area contributed by atoms with E-state index in [4.69, 9.17) is 9.53 Å². The Kier molecular flexibility index (Phi) is 6.52. The molecule has 0 spiro atoms. The van der Waals surface area contributed by atoms with Gasteiger partial charge in [0.15, 0.2) is 8.32 Å². The van der Waals surface area contributed by atoms with Crippen LogP contribution >= 0.6 is 0 Å². The van der Waals surface area contributed by atoms with Gasteiger partial charge in [-0.1, -0.05) is 51.1 Å². The van der Waals surface area contributed by atoms with Crippen molar-refractivity contribution in [2.75, 3.05) is 23.4 Å². The van der Waals surface area contributed by atoms with Gasteiger partial charge in [0.1, 0.15) is 0 Å². The van der Waals surface area contributed by atoms with Crippen LogP contribution in [0.5, 0.6) is 0 Å². The Morgan fingerprint density at radius 1 is 1.30 bits per heavy atom. The number of carbonyl (C=O) groups is 1. The topological polar surface area (TPSA) is 74.7 Å². The predicted molar refractivity (Wildman–Crippen MR) is 124 cm³/mol. The van der Waals surface area contributed by atoms with Gasteiger partial charge in [-0.3, -0.25) is 10.3 Å². The number of fused-ring (bicyclic) bond motifs is 1. The maximum absolute atomic E-state index is 11.1. The molecule has 2 heterocycles. The monoisotopic (exact) mass is 427 g/mol. The van der Waals surface area contributed by atoms with Crippen LogP contribution in [0.3, 0.4) is 0 Å². The van der Waals surface area contributed by atoms with Crippen LogP contribution in [0, 0.1) is 5.92 Å². The third kappa shape index (κ3) is 5.40. The number of rotatable bonds is 6. The fourth-order valence-electron chi connectivity index (χ4n) is 3.46. The summed E-state index contributed by atoms with van der Waals surface area (Å²) in [6.45, 7) is 13.7. The van der Waals surface area contributed by atoms with Gasteiger partial charge in [0.2, 0.25) is 0 Å². The normalized spacial score (nSPS) is 16.8.